The van der Waals surface area contributed by atoms with Crippen molar-refractivity contribution in [2.45, 2.75) is 26.3 Å². The Labute approximate surface area is 175 Å². The third-order valence-corrected chi connectivity index (χ3v) is 3.67. The average molecular weight is 479 g/mol. The van der Waals surface area contributed by atoms with Gasteiger partial charge in [-0.05, 0) is 37.5 Å². The van der Waals surface area contributed by atoms with E-state index in [0.717, 1.165) is 50.8 Å². The van der Waals surface area contributed by atoms with Gasteiger partial charge in [0.15, 0.2) is 5.96 Å². The molecule has 1 rings (SSSR count). The number of methoxy groups -OCH3 is 2. The quantitative estimate of drug-likeness (QED) is 0.216. The van der Waals surface area contributed by atoms with Gasteiger partial charge in [0.05, 0.1) is 20.3 Å². The van der Waals surface area contributed by atoms with Crippen LogP contribution in [0.4, 0.5) is 0 Å². The minimum absolute atomic E-state index is 0. The normalized spacial score (nSPS) is 11.0. The maximum absolute atomic E-state index is 5.46. The summed E-state index contributed by atoms with van der Waals surface area (Å²) in [5, 5.41) is 3.35. The van der Waals surface area contributed by atoms with Crippen LogP contribution in [-0.2, 0) is 16.0 Å². The van der Waals surface area contributed by atoms with E-state index in [1.165, 1.54) is 5.56 Å². The van der Waals surface area contributed by atoms with Crippen molar-refractivity contribution in [3.05, 3.63) is 29.8 Å². The summed E-state index contributed by atoms with van der Waals surface area (Å²) in [6.45, 7) is 6.61. The summed E-state index contributed by atoms with van der Waals surface area (Å²) in [6, 6.07) is 8.13. The molecule has 1 aromatic rings. The first-order valence-corrected chi connectivity index (χ1v) is 8.90. The largest absolute Gasteiger partial charge is 0.497 e. The van der Waals surface area contributed by atoms with Crippen LogP contribution >= 0.6 is 24.0 Å². The maximum Gasteiger partial charge on any atom is 0.193 e. The van der Waals surface area contributed by atoms with E-state index in [1.807, 2.05) is 12.1 Å². The van der Waals surface area contributed by atoms with E-state index in [-0.39, 0.29) is 24.0 Å². The Kier molecular flexibility index (Phi) is 15.5. The Hall–Kier alpha value is -1.06. The first-order chi connectivity index (χ1) is 12.2. The van der Waals surface area contributed by atoms with Crippen LogP contribution in [0.2, 0.25) is 0 Å². The second-order valence-corrected chi connectivity index (χ2v) is 5.75. The number of nitrogens with one attached hydrogen (secondary N) is 1. The Balaban J connectivity index is 0.00000625. The molecule has 0 atom stereocenters. The molecular formula is C19H34IN3O3. The van der Waals surface area contributed by atoms with Gasteiger partial charge >= 0.3 is 0 Å². The Morgan fingerprint density at radius 2 is 1.81 bits per heavy atom. The van der Waals surface area contributed by atoms with Crippen LogP contribution in [0.25, 0.3) is 0 Å². The third-order valence-electron chi connectivity index (χ3n) is 3.67. The average Bonchev–Trinajstić information content (AvgIpc) is 2.63. The zero-order valence-corrected chi connectivity index (χ0v) is 18.8. The molecule has 0 saturated heterocycles. The molecule has 0 aromatic heterocycles. The molecule has 150 valence electrons. The minimum atomic E-state index is 0. The molecule has 0 heterocycles. The molecule has 0 unspecified atom stereocenters. The molecule has 0 aliphatic heterocycles. The van der Waals surface area contributed by atoms with Crippen LogP contribution in [0, 0.1) is 0 Å². The Morgan fingerprint density at radius 3 is 2.42 bits per heavy atom. The van der Waals surface area contributed by atoms with Crippen molar-refractivity contribution in [3.8, 4) is 5.75 Å². The molecule has 0 saturated carbocycles. The fourth-order valence-corrected chi connectivity index (χ4v) is 2.29. The van der Waals surface area contributed by atoms with Gasteiger partial charge in [0.25, 0.3) is 0 Å². The van der Waals surface area contributed by atoms with Crippen molar-refractivity contribution in [2.75, 3.05) is 54.2 Å². The second kappa shape index (κ2) is 16.1. The van der Waals surface area contributed by atoms with Crippen LogP contribution in [0.15, 0.2) is 29.3 Å². The standard InChI is InChI=1S/C19H33N3O3.HI/c1-5-20-19(21-12-6-7-13-25-15-14-23-3)22(2)16-17-8-10-18(24-4)11-9-17;/h8-11H,5-7,12-16H2,1-4H3,(H,20,21);1H. The summed E-state index contributed by atoms with van der Waals surface area (Å²) >= 11 is 0. The predicted molar refractivity (Wildman–Crippen MR) is 118 cm³/mol. The number of benzene rings is 1. The van der Waals surface area contributed by atoms with Crippen LogP contribution in [0.5, 0.6) is 5.75 Å². The summed E-state index contributed by atoms with van der Waals surface area (Å²) in [5.74, 6) is 1.80. The molecule has 0 aliphatic rings. The fraction of sp³-hybridized carbons (Fsp3) is 0.632. The fourth-order valence-electron chi connectivity index (χ4n) is 2.29. The van der Waals surface area contributed by atoms with Crippen molar-refractivity contribution in [1.29, 1.82) is 0 Å². The number of unbranched alkanes of at least 4 members (excludes halogenated alkanes) is 1. The molecular weight excluding hydrogens is 445 g/mol. The summed E-state index contributed by atoms with van der Waals surface area (Å²) in [6.07, 6.45) is 2.02. The lowest BCUT2D eigenvalue weighted by Crippen LogP contribution is -2.38. The van der Waals surface area contributed by atoms with E-state index < -0.39 is 0 Å². The smallest absolute Gasteiger partial charge is 0.193 e. The highest BCUT2D eigenvalue weighted by atomic mass is 127. The summed E-state index contributed by atoms with van der Waals surface area (Å²) < 4.78 is 15.6. The van der Waals surface area contributed by atoms with Crippen LogP contribution in [-0.4, -0.2) is 65.0 Å². The number of halogens is 1. The van der Waals surface area contributed by atoms with Gasteiger partial charge in [-0.2, -0.15) is 0 Å². The molecule has 0 amide bonds. The molecule has 6 nitrogen and oxygen atoms in total. The first kappa shape index (κ1) is 24.9. The van der Waals surface area contributed by atoms with Gasteiger partial charge in [-0.1, -0.05) is 12.1 Å². The molecule has 1 aromatic carbocycles. The summed E-state index contributed by atoms with van der Waals surface area (Å²) in [5.41, 5.74) is 1.22. The highest BCUT2D eigenvalue weighted by Crippen LogP contribution is 2.12. The summed E-state index contributed by atoms with van der Waals surface area (Å²) in [4.78, 5) is 6.84. The molecule has 26 heavy (non-hydrogen) atoms. The number of aliphatic imine (C=N–C) groups is 1. The van der Waals surface area contributed by atoms with E-state index in [2.05, 4.69) is 36.3 Å². The zero-order chi connectivity index (χ0) is 18.3. The minimum Gasteiger partial charge on any atom is -0.497 e. The molecule has 0 fully saturated rings. The van der Waals surface area contributed by atoms with Crippen LogP contribution < -0.4 is 10.1 Å². The molecule has 7 heteroatoms. The van der Waals surface area contributed by atoms with Crippen molar-refractivity contribution in [2.24, 2.45) is 4.99 Å². The lowest BCUT2D eigenvalue weighted by molar-refractivity contribution is 0.0690. The van der Waals surface area contributed by atoms with Crippen molar-refractivity contribution in [3.63, 3.8) is 0 Å². The van der Waals surface area contributed by atoms with Gasteiger partial charge < -0.3 is 24.4 Å². The third kappa shape index (κ3) is 10.8. The van der Waals surface area contributed by atoms with E-state index in [0.29, 0.717) is 13.2 Å². The van der Waals surface area contributed by atoms with Gasteiger partial charge in [-0.15, -0.1) is 24.0 Å². The number of guanidine groups is 1. The van der Waals surface area contributed by atoms with Crippen molar-refractivity contribution in [1.82, 2.24) is 10.2 Å². The van der Waals surface area contributed by atoms with Gasteiger partial charge in [0.1, 0.15) is 5.75 Å². The van der Waals surface area contributed by atoms with Crippen molar-refractivity contribution < 1.29 is 14.2 Å². The van der Waals surface area contributed by atoms with Gasteiger partial charge in [0, 0.05) is 40.4 Å². The molecule has 0 aliphatic carbocycles. The van der Waals surface area contributed by atoms with Crippen molar-refractivity contribution >= 4 is 29.9 Å². The Bertz CT molecular complexity index is 483. The topological polar surface area (TPSA) is 55.3 Å². The zero-order valence-electron chi connectivity index (χ0n) is 16.5. The number of rotatable bonds is 12. The predicted octanol–water partition coefficient (Wildman–Crippen LogP) is 3.15. The molecule has 1 N–H and O–H groups in total. The SMILES string of the molecule is CCNC(=NCCCCOCCOC)N(C)Cc1ccc(OC)cc1.I. The van der Waals surface area contributed by atoms with E-state index in [1.54, 1.807) is 14.2 Å². The molecule has 0 radical (unpaired) electrons. The molecule has 0 bridgehead atoms. The highest BCUT2D eigenvalue weighted by Gasteiger charge is 2.06. The van der Waals surface area contributed by atoms with Gasteiger partial charge in [-0.25, -0.2) is 0 Å². The van der Waals surface area contributed by atoms with Gasteiger partial charge in [-0.3, -0.25) is 4.99 Å². The second-order valence-electron chi connectivity index (χ2n) is 5.75. The number of ether oxygens (including phenoxy) is 3. The number of hydrogen-bond donors (Lipinski definition) is 1. The lowest BCUT2D eigenvalue weighted by atomic mass is 10.2. The lowest BCUT2D eigenvalue weighted by Gasteiger charge is -2.22. The van der Waals surface area contributed by atoms with E-state index in [4.69, 9.17) is 19.2 Å². The number of hydrogen-bond acceptors (Lipinski definition) is 4. The maximum atomic E-state index is 5.46. The van der Waals surface area contributed by atoms with Crippen LogP contribution in [0.1, 0.15) is 25.3 Å². The monoisotopic (exact) mass is 479 g/mol. The summed E-state index contributed by atoms with van der Waals surface area (Å²) in [7, 11) is 5.42. The Morgan fingerprint density at radius 1 is 1.08 bits per heavy atom. The van der Waals surface area contributed by atoms with Crippen LogP contribution in [0.3, 0.4) is 0 Å². The van der Waals surface area contributed by atoms with E-state index >= 15 is 0 Å². The first-order valence-electron chi connectivity index (χ1n) is 8.90. The van der Waals surface area contributed by atoms with Gasteiger partial charge in [0.2, 0.25) is 0 Å². The highest BCUT2D eigenvalue weighted by molar-refractivity contribution is 14.0. The number of nitrogens with zero attached hydrogens (tertiary/aromatic N) is 2. The van der Waals surface area contributed by atoms with E-state index in [9.17, 15) is 0 Å². The molecule has 0 spiro atoms.